The molecule has 3 nitrogen and oxygen atoms in total. The third kappa shape index (κ3) is 4.07. The summed E-state index contributed by atoms with van der Waals surface area (Å²) in [5.74, 6) is 2.65. The first-order valence-electron chi connectivity index (χ1n) is 6.00. The maximum atomic E-state index is 11.7. The van der Waals surface area contributed by atoms with E-state index in [4.69, 9.17) is 4.74 Å². The van der Waals surface area contributed by atoms with Crippen molar-refractivity contribution >= 4 is 20.3 Å². The molecule has 4 heteroatoms. The predicted octanol–water partition coefficient (Wildman–Crippen LogP) is 2.82. The molecule has 1 rings (SSSR count). The van der Waals surface area contributed by atoms with Crippen LogP contribution in [-0.2, 0) is 4.74 Å². The number of ether oxygens (including phenoxy) is 1. The standard InChI is InChI=1S/C15H18O3Si/c1-11-13(6-7-19(3,4)5)8-12(10-16)9-14(11)15(17)18-2/h8-10H,1-5H3. The molecule has 0 aliphatic rings. The molecule has 0 saturated carbocycles. The molecule has 1 aromatic rings. The smallest absolute Gasteiger partial charge is 0.338 e. The molecule has 0 atom stereocenters. The average molecular weight is 274 g/mol. The van der Waals surface area contributed by atoms with E-state index in [2.05, 4.69) is 31.1 Å². The minimum atomic E-state index is -1.51. The second kappa shape index (κ2) is 5.85. The van der Waals surface area contributed by atoms with Crippen molar-refractivity contribution in [2.24, 2.45) is 0 Å². The molecule has 0 aliphatic heterocycles. The lowest BCUT2D eigenvalue weighted by atomic mass is 9.99. The normalized spacial score (nSPS) is 10.4. The van der Waals surface area contributed by atoms with Gasteiger partial charge in [-0.25, -0.2) is 4.79 Å². The Hall–Kier alpha value is -1.86. The first-order valence-corrected chi connectivity index (χ1v) is 9.50. The molecular weight excluding hydrogens is 256 g/mol. The lowest BCUT2D eigenvalue weighted by molar-refractivity contribution is 0.0600. The highest BCUT2D eigenvalue weighted by molar-refractivity contribution is 6.83. The summed E-state index contributed by atoms with van der Waals surface area (Å²) in [7, 11) is -0.187. The van der Waals surface area contributed by atoms with Crippen LogP contribution >= 0.6 is 0 Å². The van der Waals surface area contributed by atoms with Gasteiger partial charge < -0.3 is 4.74 Å². The summed E-state index contributed by atoms with van der Waals surface area (Å²) in [4.78, 5) is 22.6. The highest BCUT2D eigenvalue weighted by Gasteiger charge is 2.14. The van der Waals surface area contributed by atoms with Gasteiger partial charge >= 0.3 is 5.97 Å². The summed E-state index contributed by atoms with van der Waals surface area (Å²) in [5.41, 5.74) is 5.53. The molecule has 1 aromatic carbocycles. The molecule has 100 valence electrons. The molecule has 0 amide bonds. The van der Waals surface area contributed by atoms with Crippen LogP contribution in [0.25, 0.3) is 0 Å². The second-order valence-corrected chi connectivity index (χ2v) is 10.1. The number of benzene rings is 1. The summed E-state index contributed by atoms with van der Waals surface area (Å²) >= 11 is 0. The van der Waals surface area contributed by atoms with E-state index in [-0.39, 0.29) is 0 Å². The molecule has 0 fully saturated rings. The molecule has 0 spiro atoms. The lowest BCUT2D eigenvalue weighted by Crippen LogP contribution is -2.16. The van der Waals surface area contributed by atoms with Crippen LogP contribution in [-0.4, -0.2) is 27.4 Å². The fraction of sp³-hybridized carbons (Fsp3) is 0.333. The Kier molecular flexibility index (Phi) is 4.68. The number of carbonyl (C=O) groups is 2. The Balaban J connectivity index is 3.42. The molecule has 0 aromatic heterocycles. The lowest BCUT2D eigenvalue weighted by Gasteiger charge is -2.08. The molecule has 0 bridgehead atoms. The predicted molar refractivity (Wildman–Crippen MR) is 78.1 cm³/mol. The summed E-state index contributed by atoms with van der Waals surface area (Å²) in [5, 5.41) is 0. The van der Waals surface area contributed by atoms with E-state index in [1.807, 2.05) is 6.92 Å². The molecule has 0 aliphatic carbocycles. The number of hydrogen-bond acceptors (Lipinski definition) is 3. The fourth-order valence-corrected chi connectivity index (χ4v) is 2.02. The van der Waals surface area contributed by atoms with Gasteiger partial charge in [0.05, 0.1) is 12.7 Å². The van der Waals surface area contributed by atoms with Crippen LogP contribution < -0.4 is 0 Å². The van der Waals surface area contributed by atoms with Gasteiger partial charge in [0.2, 0.25) is 0 Å². The fourth-order valence-electron chi connectivity index (χ4n) is 1.51. The topological polar surface area (TPSA) is 43.4 Å². The highest BCUT2D eigenvalue weighted by atomic mass is 28.3. The van der Waals surface area contributed by atoms with E-state index in [1.54, 1.807) is 6.07 Å². The largest absolute Gasteiger partial charge is 0.465 e. The third-order valence-corrected chi connectivity index (χ3v) is 3.42. The summed E-state index contributed by atoms with van der Waals surface area (Å²) in [6, 6.07) is 3.25. The van der Waals surface area contributed by atoms with Gasteiger partial charge in [0, 0.05) is 11.1 Å². The number of aldehydes is 1. The zero-order chi connectivity index (χ0) is 14.6. The molecule has 0 N–H and O–H groups in total. The first-order chi connectivity index (χ1) is 8.78. The van der Waals surface area contributed by atoms with Crippen molar-refractivity contribution in [3.8, 4) is 11.5 Å². The third-order valence-electron chi connectivity index (χ3n) is 2.54. The SMILES string of the molecule is COC(=O)c1cc(C=O)cc(C#C[Si](C)(C)C)c1C. The molecule has 0 saturated heterocycles. The van der Waals surface area contributed by atoms with Gasteiger partial charge in [-0.05, 0) is 24.6 Å². The Labute approximate surface area is 115 Å². The highest BCUT2D eigenvalue weighted by Crippen LogP contribution is 2.17. The van der Waals surface area contributed by atoms with E-state index >= 15 is 0 Å². The van der Waals surface area contributed by atoms with Gasteiger partial charge in [0.15, 0.2) is 0 Å². The molecule has 0 radical (unpaired) electrons. The van der Waals surface area contributed by atoms with Crippen molar-refractivity contribution in [2.75, 3.05) is 7.11 Å². The summed E-state index contributed by atoms with van der Waals surface area (Å²) in [6.45, 7) is 8.23. The number of methoxy groups -OCH3 is 1. The van der Waals surface area contributed by atoms with Crippen molar-refractivity contribution < 1.29 is 14.3 Å². The van der Waals surface area contributed by atoms with Crippen molar-refractivity contribution in [1.29, 1.82) is 0 Å². The van der Waals surface area contributed by atoms with Gasteiger partial charge in [-0.3, -0.25) is 4.79 Å². The molecular formula is C15H18O3Si. The number of esters is 1. The quantitative estimate of drug-likeness (QED) is 0.360. The van der Waals surface area contributed by atoms with Crippen molar-refractivity contribution in [1.82, 2.24) is 0 Å². The maximum absolute atomic E-state index is 11.7. The molecule has 0 unspecified atom stereocenters. The number of carbonyl (C=O) groups excluding carboxylic acids is 2. The Morgan fingerprint density at radius 3 is 2.42 bits per heavy atom. The minimum absolute atomic E-state index is 0.395. The Bertz CT molecular complexity index is 572. The van der Waals surface area contributed by atoms with Crippen molar-refractivity contribution in [3.63, 3.8) is 0 Å². The van der Waals surface area contributed by atoms with Crippen LogP contribution in [0.15, 0.2) is 12.1 Å². The summed E-state index contributed by atoms with van der Waals surface area (Å²) in [6.07, 6.45) is 0.714. The average Bonchev–Trinajstić information content (AvgIpc) is 2.35. The van der Waals surface area contributed by atoms with Crippen molar-refractivity contribution in [3.05, 3.63) is 34.4 Å². The number of hydrogen-bond donors (Lipinski definition) is 0. The minimum Gasteiger partial charge on any atom is -0.465 e. The van der Waals surface area contributed by atoms with Crippen LogP contribution in [0.4, 0.5) is 0 Å². The van der Waals surface area contributed by atoms with Crippen LogP contribution in [0.2, 0.25) is 19.6 Å². The van der Waals surface area contributed by atoms with E-state index in [1.165, 1.54) is 13.2 Å². The first kappa shape index (κ1) is 15.2. The van der Waals surface area contributed by atoms with Crippen molar-refractivity contribution in [2.45, 2.75) is 26.6 Å². The van der Waals surface area contributed by atoms with E-state index < -0.39 is 14.0 Å². The van der Waals surface area contributed by atoms with Crippen LogP contribution in [0.3, 0.4) is 0 Å². The van der Waals surface area contributed by atoms with Crippen LogP contribution in [0.5, 0.6) is 0 Å². The Morgan fingerprint density at radius 2 is 1.95 bits per heavy atom. The van der Waals surface area contributed by atoms with E-state index in [0.29, 0.717) is 23.0 Å². The molecule has 0 heterocycles. The van der Waals surface area contributed by atoms with Gasteiger partial charge in [0.25, 0.3) is 0 Å². The monoisotopic (exact) mass is 274 g/mol. The molecule has 19 heavy (non-hydrogen) atoms. The van der Waals surface area contributed by atoms with Crippen LogP contribution in [0.1, 0.15) is 31.8 Å². The Morgan fingerprint density at radius 1 is 1.32 bits per heavy atom. The van der Waals surface area contributed by atoms with Crippen LogP contribution in [0, 0.1) is 18.4 Å². The second-order valence-electron chi connectivity index (χ2n) is 5.35. The van der Waals surface area contributed by atoms with E-state index in [9.17, 15) is 9.59 Å². The van der Waals surface area contributed by atoms with E-state index in [0.717, 1.165) is 5.56 Å². The maximum Gasteiger partial charge on any atom is 0.338 e. The zero-order valence-corrected chi connectivity index (χ0v) is 13.0. The van der Waals surface area contributed by atoms with Gasteiger partial charge in [-0.1, -0.05) is 25.6 Å². The summed E-state index contributed by atoms with van der Waals surface area (Å²) < 4.78 is 4.72. The number of rotatable bonds is 2. The van der Waals surface area contributed by atoms with Gasteiger partial charge in [-0.2, -0.15) is 0 Å². The van der Waals surface area contributed by atoms with Gasteiger partial charge in [0.1, 0.15) is 14.4 Å². The van der Waals surface area contributed by atoms with Gasteiger partial charge in [-0.15, -0.1) is 5.54 Å². The zero-order valence-electron chi connectivity index (χ0n) is 12.0.